The minimum atomic E-state index is 0.104. The van der Waals surface area contributed by atoms with E-state index in [1.165, 1.54) is 12.8 Å². The Bertz CT molecular complexity index is 901. The van der Waals surface area contributed by atoms with Gasteiger partial charge in [-0.3, -0.25) is 4.79 Å². The standard InChI is InChI=1S/C22H27N5OS/c28-21(23-10-15-25-11-4-5-12-25)18-29-17-19-16-24-27(20-8-2-1-3-9-20)22(19)26-13-6-7-14-26/h1-3,6-9,13-14,16H,4-5,10-12,15,17-18H2,(H,23,28). The summed E-state index contributed by atoms with van der Waals surface area (Å²) in [4.78, 5) is 14.6. The Hall–Kier alpha value is -2.51. The van der Waals surface area contributed by atoms with Crippen LogP contribution in [0.2, 0.25) is 0 Å². The van der Waals surface area contributed by atoms with Crippen molar-refractivity contribution in [1.82, 2.24) is 24.6 Å². The molecule has 1 aromatic carbocycles. The Morgan fingerprint density at radius 1 is 1.07 bits per heavy atom. The number of nitrogens with zero attached hydrogens (tertiary/aromatic N) is 4. The SMILES string of the molecule is O=C(CSCc1cnn(-c2ccccc2)c1-n1cccc1)NCCN1CCCC1. The molecule has 0 aliphatic carbocycles. The molecule has 1 aliphatic heterocycles. The number of hydrogen-bond acceptors (Lipinski definition) is 4. The molecule has 1 N–H and O–H groups in total. The number of para-hydroxylation sites is 1. The number of carbonyl (C=O) groups is 1. The Morgan fingerprint density at radius 3 is 2.59 bits per heavy atom. The third-order valence-corrected chi connectivity index (χ3v) is 6.09. The lowest BCUT2D eigenvalue weighted by Gasteiger charge is -2.14. The highest BCUT2D eigenvalue weighted by Crippen LogP contribution is 2.23. The van der Waals surface area contributed by atoms with Gasteiger partial charge in [-0.2, -0.15) is 5.10 Å². The first-order chi connectivity index (χ1) is 14.3. The topological polar surface area (TPSA) is 55.1 Å². The molecule has 0 atom stereocenters. The van der Waals surface area contributed by atoms with Gasteiger partial charge in [0, 0.05) is 36.8 Å². The molecule has 1 saturated heterocycles. The van der Waals surface area contributed by atoms with Crippen LogP contribution >= 0.6 is 11.8 Å². The molecule has 0 bridgehead atoms. The van der Waals surface area contributed by atoms with Crippen LogP contribution in [0.25, 0.3) is 11.5 Å². The third-order valence-electron chi connectivity index (χ3n) is 5.11. The molecule has 1 aliphatic rings. The fraction of sp³-hybridized carbons (Fsp3) is 0.364. The molecule has 7 heteroatoms. The monoisotopic (exact) mass is 409 g/mol. The van der Waals surface area contributed by atoms with E-state index in [2.05, 4.69) is 19.9 Å². The van der Waals surface area contributed by atoms with Gasteiger partial charge in [0.05, 0.1) is 17.6 Å². The van der Waals surface area contributed by atoms with Gasteiger partial charge in [0.1, 0.15) is 5.82 Å². The molecule has 0 radical (unpaired) electrons. The van der Waals surface area contributed by atoms with Gasteiger partial charge < -0.3 is 14.8 Å². The number of nitrogens with one attached hydrogen (secondary N) is 1. The largest absolute Gasteiger partial charge is 0.354 e. The zero-order chi connectivity index (χ0) is 19.9. The number of thioether (sulfide) groups is 1. The Balaban J connectivity index is 1.35. The highest BCUT2D eigenvalue weighted by atomic mass is 32.2. The van der Waals surface area contributed by atoms with Crippen LogP contribution in [-0.4, -0.2) is 57.1 Å². The van der Waals surface area contributed by atoms with Crippen LogP contribution in [0.15, 0.2) is 61.1 Å². The van der Waals surface area contributed by atoms with Crippen LogP contribution in [-0.2, 0) is 10.5 Å². The van der Waals surface area contributed by atoms with Crippen molar-refractivity contribution in [2.24, 2.45) is 0 Å². The zero-order valence-corrected chi connectivity index (χ0v) is 17.4. The molecule has 6 nitrogen and oxygen atoms in total. The van der Waals surface area contributed by atoms with Crippen molar-refractivity contribution in [2.45, 2.75) is 18.6 Å². The lowest BCUT2D eigenvalue weighted by atomic mass is 10.3. The van der Waals surface area contributed by atoms with E-state index < -0.39 is 0 Å². The molecule has 2 aromatic heterocycles. The first kappa shape index (κ1) is 19.8. The van der Waals surface area contributed by atoms with Gasteiger partial charge in [0.2, 0.25) is 5.91 Å². The molecule has 4 rings (SSSR count). The van der Waals surface area contributed by atoms with Crippen molar-refractivity contribution in [3.05, 3.63) is 66.6 Å². The molecule has 1 fully saturated rings. The highest BCUT2D eigenvalue weighted by Gasteiger charge is 2.15. The van der Waals surface area contributed by atoms with E-state index in [0.29, 0.717) is 5.75 Å². The Labute approximate surface area is 175 Å². The minimum absolute atomic E-state index is 0.104. The summed E-state index contributed by atoms with van der Waals surface area (Å²) in [6.07, 6.45) is 8.51. The molecule has 3 aromatic rings. The van der Waals surface area contributed by atoms with Crippen molar-refractivity contribution >= 4 is 17.7 Å². The second-order valence-corrected chi connectivity index (χ2v) is 8.21. The highest BCUT2D eigenvalue weighted by molar-refractivity contribution is 7.99. The second kappa shape index (κ2) is 9.80. The van der Waals surface area contributed by atoms with Gasteiger partial charge in [-0.25, -0.2) is 4.68 Å². The molecule has 0 unspecified atom stereocenters. The minimum Gasteiger partial charge on any atom is -0.354 e. The average Bonchev–Trinajstić information content (AvgIpc) is 3.50. The zero-order valence-electron chi connectivity index (χ0n) is 16.5. The van der Waals surface area contributed by atoms with E-state index in [1.807, 2.05) is 65.7 Å². The lowest BCUT2D eigenvalue weighted by Crippen LogP contribution is -2.34. The molecular formula is C22H27N5OS. The summed E-state index contributed by atoms with van der Waals surface area (Å²) in [5, 5.41) is 7.65. The van der Waals surface area contributed by atoms with Crippen LogP contribution in [0.3, 0.4) is 0 Å². The number of likely N-dealkylation sites (tertiary alicyclic amines) is 1. The van der Waals surface area contributed by atoms with Crippen LogP contribution in [0.1, 0.15) is 18.4 Å². The van der Waals surface area contributed by atoms with Gasteiger partial charge in [-0.1, -0.05) is 18.2 Å². The molecule has 0 spiro atoms. The number of benzene rings is 1. The van der Waals surface area contributed by atoms with Gasteiger partial charge in [-0.15, -0.1) is 11.8 Å². The molecule has 29 heavy (non-hydrogen) atoms. The number of hydrogen-bond donors (Lipinski definition) is 1. The number of aromatic nitrogens is 3. The van der Waals surface area contributed by atoms with Crippen molar-refractivity contribution in [1.29, 1.82) is 0 Å². The van der Waals surface area contributed by atoms with Gasteiger partial charge in [-0.05, 0) is 50.2 Å². The van der Waals surface area contributed by atoms with Gasteiger partial charge in [0.25, 0.3) is 0 Å². The smallest absolute Gasteiger partial charge is 0.230 e. The predicted octanol–water partition coefficient (Wildman–Crippen LogP) is 3.11. The maximum absolute atomic E-state index is 12.2. The second-order valence-electron chi connectivity index (χ2n) is 7.22. The van der Waals surface area contributed by atoms with E-state index in [0.717, 1.165) is 49.0 Å². The maximum Gasteiger partial charge on any atom is 0.230 e. The average molecular weight is 410 g/mol. The van der Waals surface area contributed by atoms with E-state index in [-0.39, 0.29) is 5.91 Å². The molecular weight excluding hydrogens is 382 g/mol. The molecule has 1 amide bonds. The number of carbonyl (C=O) groups excluding carboxylic acids is 1. The van der Waals surface area contributed by atoms with E-state index in [4.69, 9.17) is 0 Å². The predicted molar refractivity (Wildman–Crippen MR) is 118 cm³/mol. The van der Waals surface area contributed by atoms with Crippen molar-refractivity contribution < 1.29 is 4.79 Å². The van der Waals surface area contributed by atoms with E-state index in [1.54, 1.807) is 11.8 Å². The quantitative estimate of drug-likeness (QED) is 0.590. The summed E-state index contributed by atoms with van der Waals surface area (Å²) in [5.41, 5.74) is 2.13. The van der Waals surface area contributed by atoms with Crippen molar-refractivity contribution in [2.75, 3.05) is 31.9 Å². The normalized spacial score (nSPS) is 14.3. The fourth-order valence-corrected chi connectivity index (χ4v) is 4.46. The summed E-state index contributed by atoms with van der Waals surface area (Å²) in [7, 11) is 0. The van der Waals surface area contributed by atoms with Crippen LogP contribution in [0, 0.1) is 0 Å². The molecule has 3 heterocycles. The van der Waals surface area contributed by atoms with Crippen LogP contribution in [0.4, 0.5) is 0 Å². The maximum atomic E-state index is 12.2. The van der Waals surface area contributed by atoms with Crippen molar-refractivity contribution in [3.63, 3.8) is 0 Å². The van der Waals surface area contributed by atoms with E-state index >= 15 is 0 Å². The van der Waals surface area contributed by atoms with Gasteiger partial charge >= 0.3 is 0 Å². The number of rotatable bonds is 9. The molecule has 0 saturated carbocycles. The third kappa shape index (κ3) is 5.10. The lowest BCUT2D eigenvalue weighted by molar-refractivity contribution is -0.118. The Kier molecular flexibility index (Phi) is 6.69. The first-order valence-electron chi connectivity index (χ1n) is 10.1. The summed E-state index contributed by atoms with van der Waals surface area (Å²) in [6, 6.07) is 14.1. The van der Waals surface area contributed by atoms with Crippen molar-refractivity contribution in [3.8, 4) is 11.5 Å². The first-order valence-corrected chi connectivity index (χ1v) is 11.3. The van der Waals surface area contributed by atoms with Crippen LogP contribution < -0.4 is 5.32 Å². The van der Waals surface area contributed by atoms with E-state index in [9.17, 15) is 4.79 Å². The Morgan fingerprint density at radius 2 is 1.83 bits per heavy atom. The fourth-order valence-electron chi connectivity index (χ4n) is 3.65. The van der Waals surface area contributed by atoms with Gasteiger partial charge in [0.15, 0.2) is 0 Å². The summed E-state index contributed by atoms with van der Waals surface area (Å²) in [5.74, 6) is 2.32. The summed E-state index contributed by atoms with van der Waals surface area (Å²) >= 11 is 1.62. The number of amides is 1. The van der Waals surface area contributed by atoms with Crippen LogP contribution in [0.5, 0.6) is 0 Å². The molecule has 152 valence electrons. The summed E-state index contributed by atoms with van der Waals surface area (Å²) < 4.78 is 4.03. The summed E-state index contributed by atoms with van der Waals surface area (Å²) in [6.45, 7) is 4.02.